The molecular formula is C20H18N2O5. The summed E-state index contributed by atoms with van der Waals surface area (Å²) in [7, 11) is 1.54. The molecule has 0 saturated heterocycles. The summed E-state index contributed by atoms with van der Waals surface area (Å²) in [6, 6.07) is 12.2. The summed E-state index contributed by atoms with van der Waals surface area (Å²) in [4.78, 5) is 27.5. The van der Waals surface area contributed by atoms with Crippen molar-refractivity contribution < 1.29 is 19.0 Å². The van der Waals surface area contributed by atoms with Crippen molar-refractivity contribution in [3.05, 3.63) is 63.9 Å². The van der Waals surface area contributed by atoms with Crippen LogP contribution in [0.5, 0.6) is 17.2 Å². The van der Waals surface area contributed by atoms with Crippen molar-refractivity contribution in [2.24, 2.45) is 0 Å². The zero-order valence-corrected chi connectivity index (χ0v) is 14.7. The van der Waals surface area contributed by atoms with Crippen molar-refractivity contribution in [1.29, 1.82) is 0 Å². The first-order chi connectivity index (χ1) is 13.1. The lowest BCUT2D eigenvalue weighted by Crippen LogP contribution is -2.26. The van der Waals surface area contributed by atoms with Crippen LogP contribution in [0.15, 0.2) is 47.3 Å². The molecule has 0 fully saturated rings. The lowest BCUT2D eigenvalue weighted by atomic mass is 10.1. The van der Waals surface area contributed by atoms with Gasteiger partial charge >= 0.3 is 0 Å². The third-order valence-corrected chi connectivity index (χ3v) is 4.36. The molecule has 0 unspecified atom stereocenters. The van der Waals surface area contributed by atoms with Gasteiger partial charge in [0.05, 0.1) is 12.6 Å². The molecule has 1 amide bonds. The Morgan fingerprint density at radius 1 is 1.15 bits per heavy atom. The second kappa shape index (κ2) is 7.03. The van der Waals surface area contributed by atoms with E-state index in [0.29, 0.717) is 47.1 Å². The van der Waals surface area contributed by atoms with Crippen LogP contribution in [-0.4, -0.2) is 31.2 Å². The van der Waals surface area contributed by atoms with E-state index in [1.54, 1.807) is 43.5 Å². The predicted octanol–water partition coefficient (Wildman–Crippen LogP) is 2.24. The molecule has 7 heteroatoms. The smallest absolute Gasteiger partial charge is 0.253 e. The summed E-state index contributed by atoms with van der Waals surface area (Å²) < 4.78 is 16.2. The Balaban J connectivity index is 1.57. The maximum absolute atomic E-state index is 12.4. The van der Waals surface area contributed by atoms with E-state index >= 15 is 0 Å². The van der Waals surface area contributed by atoms with Crippen LogP contribution >= 0.6 is 0 Å². The van der Waals surface area contributed by atoms with Gasteiger partial charge in [-0.15, -0.1) is 0 Å². The number of carbonyl (C=O) groups excluding carboxylic acids is 1. The third-order valence-electron chi connectivity index (χ3n) is 4.36. The molecule has 138 valence electrons. The molecule has 2 aromatic carbocycles. The van der Waals surface area contributed by atoms with Crippen molar-refractivity contribution >= 4 is 16.8 Å². The summed E-state index contributed by atoms with van der Waals surface area (Å²) in [5.41, 5.74) is 1.32. The summed E-state index contributed by atoms with van der Waals surface area (Å²) in [6.45, 7) is 1.08. The molecule has 0 aliphatic carbocycles. The van der Waals surface area contributed by atoms with Gasteiger partial charge in [0.1, 0.15) is 19.0 Å². The fourth-order valence-electron chi connectivity index (χ4n) is 2.96. The van der Waals surface area contributed by atoms with Crippen LogP contribution < -0.4 is 25.1 Å². The molecule has 27 heavy (non-hydrogen) atoms. The van der Waals surface area contributed by atoms with Crippen LogP contribution in [0.3, 0.4) is 0 Å². The fraction of sp³-hybridized carbons (Fsp3) is 0.200. The van der Waals surface area contributed by atoms with Gasteiger partial charge in [0.15, 0.2) is 11.5 Å². The van der Waals surface area contributed by atoms with Gasteiger partial charge in [0.2, 0.25) is 0 Å². The van der Waals surface area contributed by atoms with Gasteiger partial charge in [-0.3, -0.25) is 9.59 Å². The molecule has 0 spiro atoms. The van der Waals surface area contributed by atoms with Gasteiger partial charge < -0.3 is 24.5 Å². The number of amides is 1. The lowest BCUT2D eigenvalue weighted by Gasteiger charge is -2.18. The second-order valence-corrected chi connectivity index (χ2v) is 6.12. The Morgan fingerprint density at radius 3 is 2.70 bits per heavy atom. The standard InChI is InChI=1S/C20H18N2O5/c1-25-15-4-2-3-12(8-15)19(23)21-11-14-7-13-9-17-18(27-6-5-26-17)10-16(13)22-20(14)24/h2-4,7-10H,5-6,11H2,1H3,(H,21,23)(H,22,24). The van der Waals surface area contributed by atoms with Gasteiger partial charge in [0.25, 0.3) is 11.5 Å². The minimum atomic E-state index is -0.282. The number of ether oxygens (including phenoxy) is 3. The van der Waals surface area contributed by atoms with Crippen LogP contribution in [0.4, 0.5) is 0 Å². The van der Waals surface area contributed by atoms with E-state index in [4.69, 9.17) is 14.2 Å². The molecule has 4 rings (SSSR count). The first kappa shape index (κ1) is 17.0. The average Bonchev–Trinajstić information content (AvgIpc) is 2.70. The number of hydrogen-bond donors (Lipinski definition) is 2. The number of aromatic nitrogens is 1. The van der Waals surface area contributed by atoms with E-state index < -0.39 is 0 Å². The molecule has 1 aromatic heterocycles. The largest absolute Gasteiger partial charge is 0.497 e. The van der Waals surface area contributed by atoms with Crippen LogP contribution in [0.2, 0.25) is 0 Å². The van der Waals surface area contributed by atoms with E-state index in [0.717, 1.165) is 5.39 Å². The minimum absolute atomic E-state index is 0.107. The highest BCUT2D eigenvalue weighted by molar-refractivity contribution is 5.94. The number of pyridine rings is 1. The second-order valence-electron chi connectivity index (χ2n) is 6.12. The molecular weight excluding hydrogens is 348 g/mol. The molecule has 0 saturated carbocycles. The monoisotopic (exact) mass is 366 g/mol. The van der Waals surface area contributed by atoms with Crippen molar-refractivity contribution in [2.45, 2.75) is 6.54 Å². The van der Waals surface area contributed by atoms with Crippen LogP contribution in [0.25, 0.3) is 10.9 Å². The van der Waals surface area contributed by atoms with E-state index in [9.17, 15) is 9.59 Å². The molecule has 0 radical (unpaired) electrons. The van der Waals surface area contributed by atoms with Crippen LogP contribution in [0.1, 0.15) is 15.9 Å². The van der Waals surface area contributed by atoms with E-state index in [2.05, 4.69) is 10.3 Å². The van der Waals surface area contributed by atoms with Gasteiger partial charge in [-0.25, -0.2) is 0 Å². The summed E-state index contributed by atoms with van der Waals surface area (Å²) in [5, 5.41) is 3.57. The average molecular weight is 366 g/mol. The minimum Gasteiger partial charge on any atom is -0.497 e. The lowest BCUT2D eigenvalue weighted by molar-refractivity contribution is 0.0950. The quantitative estimate of drug-likeness (QED) is 0.739. The summed E-state index contributed by atoms with van der Waals surface area (Å²) >= 11 is 0. The topological polar surface area (TPSA) is 89.7 Å². The van der Waals surface area contributed by atoms with Crippen molar-refractivity contribution in [1.82, 2.24) is 10.3 Å². The highest BCUT2D eigenvalue weighted by Crippen LogP contribution is 2.33. The molecule has 7 nitrogen and oxygen atoms in total. The number of methoxy groups -OCH3 is 1. The number of carbonyl (C=O) groups is 1. The van der Waals surface area contributed by atoms with E-state index in [-0.39, 0.29) is 18.0 Å². The summed E-state index contributed by atoms with van der Waals surface area (Å²) in [5.74, 6) is 1.57. The number of fused-ring (bicyclic) bond motifs is 2. The Bertz CT molecular complexity index is 1070. The molecule has 2 heterocycles. The maximum atomic E-state index is 12.4. The fourth-order valence-corrected chi connectivity index (χ4v) is 2.96. The first-order valence-electron chi connectivity index (χ1n) is 8.52. The van der Waals surface area contributed by atoms with Crippen molar-refractivity contribution in [3.8, 4) is 17.2 Å². The van der Waals surface area contributed by atoms with Crippen molar-refractivity contribution in [2.75, 3.05) is 20.3 Å². The number of nitrogens with one attached hydrogen (secondary N) is 2. The third kappa shape index (κ3) is 3.44. The number of aromatic amines is 1. The van der Waals surface area contributed by atoms with E-state index in [1.165, 1.54) is 0 Å². The number of hydrogen-bond acceptors (Lipinski definition) is 5. The van der Waals surface area contributed by atoms with Crippen molar-refractivity contribution in [3.63, 3.8) is 0 Å². The zero-order valence-electron chi connectivity index (χ0n) is 14.7. The number of benzene rings is 2. The first-order valence-corrected chi connectivity index (χ1v) is 8.52. The molecule has 1 aliphatic heterocycles. The van der Waals surface area contributed by atoms with Gasteiger partial charge in [-0.1, -0.05) is 6.07 Å². The highest BCUT2D eigenvalue weighted by Gasteiger charge is 2.14. The highest BCUT2D eigenvalue weighted by atomic mass is 16.6. The Kier molecular flexibility index (Phi) is 4.42. The van der Waals surface area contributed by atoms with E-state index in [1.807, 2.05) is 6.07 Å². The Morgan fingerprint density at radius 2 is 1.93 bits per heavy atom. The zero-order chi connectivity index (χ0) is 18.8. The Hall–Kier alpha value is -3.48. The molecule has 2 N–H and O–H groups in total. The Labute approximate surface area is 154 Å². The number of H-pyrrole nitrogens is 1. The molecule has 3 aromatic rings. The predicted molar refractivity (Wildman–Crippen MR) is 99.7 cm³/mol. The van der Waals surface area contributed by atoms with Crippen LogP contribution in [0, 0.1) is 0 Å². The maximum Gasteiger partial charge on any atom is 0.253 e. The van der Waals surface area contributed by atoms with Gasteiger partial charge in [0, 0.05) is 29.1 Å². The normalized spacial score (nSPS) is 12.6. The van der Waals surface area contributed by atoms with Gasteiger partial charge in [-0.2, -0.15) is 0 Å². The molecule has 0 bridgehead atoms. The molecule has 0 atom stereocenters. The van der Waals surface area contributed by atoms with Gasteiger partial charge in [-0.05, 0) is 30.3 Å². The number of rotatable bonds is 4. The summed E-state index contributed by atoms with van der Waals surface area (Å²) in [6.07, 6.45) is 0. The SMILES string of the molecule is COc1cccc(C(=O)NCc2cc3cc4c(cc3[nH]c2=O)OCCO4)c1. The van der Waals surface area contributed by atoms with Crippen LogP contribution in [-0.2, 0) is 6.54 Å². The molecule has 1 aliphatic rings.